The van der Waals surface area contributed by atoms with E-state index in [0.29, 0.717) is 32.6 Å². The summed E-state index contributed by atoms with van der Waals surface area (Å²) in [6, 6.07) is 16.6. The van der Waals surface area contributed by atoms with E-state index in [2.05, 4.69) is 17.0 Å². The van der Waals surface area contributed by atoms with Gasteiger partial charge < -0.3 is 14.7 Å². The van der Waals surface area contributed by atoms with Gasteiger partial charge in [-0.3, -0.25) is 9.59 Å². The summed E-state index contributed by atoms with van der Waals surface area (Å²) in [5, 5.41) is 0. The normalized spacial score (nSPS) is 19.7. The molecule has 0 bridgehead atoms. The molecule has 1 unspecified atom stereocenters. The summed E-state index contributed by atoms with van der Waals surface area (Å²) in [4.78, 5) is 31.2. The van der Waals surface area contributed by atoms with Crippen molar-refractivity contribution in [2.75, 3.05) is 44.2 Å². The van der Waals surface area contributed by atoms with Crippen molar-refractivity contribution in [2.45, 2.75) is 12.8 Å². The number of piperazine rings is 1. The van der Waals surface area contributed by atoms with Gasteiger partial charge in [0, 0.05) is 51.4 Å². The molecule has 1 atom stereocenters. The third-order valence-electron chi connectivity index (χ3n) is 5.86. The Morgan fingerprint density at radius 1 is 0.966 bits per heavy atom. The van der Waals surface area contributed by atoms with Crippen molar-refractivity contribution in [3.05, 3.63) is 66.0 Å². The number of carbonyl (C=O) groups is 2. The first kappa shape index (κ1) is 19.4. The monoisotopic (exact) mass is 395 g/mol. The van der Waals surface area contributed by atoms with Gasteiger partial charge in [-0.1, -0.05) is 30.3 Å². The summed E-state index contributed by atoms with van der Waals surface area (Å²) >= 11 is 0. The maximum Gasteiger partial charge on any atom is 0.228 e. The molecule has 29 heavy (non-hydrogen) atoms. The van der Waals surface area contributed by atoms with Gasteiger partial charge in [-0.25, -0.2) is 4.39 Å². The molecule has 2 saturated heterocycles. The number of halogens is 1. The molecule has 2 fully saturated rings. The number of benzene rings is 2. The number of nitrogens with zero attached hydrogens (tertiary/aromatic N) is 3. The zero-order valence-electron chi connectivity index (χ0n) is 16.5. The molecule has 2 aromatic carbocycles. The second-order valence-electron chi connectivity index (χ2n) is 7.77. The first-order chi connectivity index (χ1) is 14.1. The minimum absolute atomic E-state index is 0.0734. The predicted octanol–water partition coefficient (Wildman–Crippen LogP) is 2.57. The van der Waals surface area contributed by atoms with Crippen molar-refractivity contribution in [1.29, 1.82) is 0 Å². The van der Waals surface area contributed by atoms with Crippen LogP contribution in [0.5, 0.6) is 0 Å². The molecule has 4 rings (SSSR count). The van der Waals surface area contributed by atoms with E-state index in [1.165, 1.54) is 17.7 Å². The van der Waals surface area contributed by atoms with Gasteiger partial charge in [-0.05, 0) is 36.2 Å². The van der Waals surface area contributed by atoms with E-state index in [4.69, 9.17) is 0 Å². The average molecular weight is 395 g/mol. The first-order valence-electron chi connectivity index (χ1n) is 10.2. The maximum absolute atomic E-state index is 13.1. The van der Waals surface area contributed by atoms with Gasteiger partial charge in [-0.15, -0.1) is 0 Å². The van der Waals surface area contributed by atoms with Gasteiger partial charge in [0.15, 0.2) is 0 Å². The Morgan fingerprint density at radius 2 is 1.66 bits per heavy atom. The van der Waals surface area contributed by atoms with Gasteiger partial charge in [0.1, 0.15) is 5.82 Å². The van der Waals surface area contributed by atoms with Crippen LogP contribution in [0.15, 0.2) is 54.6 Å². The summed E-state index contributed by atoms with van der Waals surface area (Å²) in [5.41, 5.74) is 2.17. The lowest BCUT2D eigenvalue weighted by molar-refractivity contribution is -0.136. The highest BCUT2D eigenvalue weighted by Crippen LogP contribution is 2.23. The molecule has 2 aliphatic rings. The summed E-state index contributed by atoms with van der Waals surface area (Å²) in [6.45, 7) is 3.87. The molecule has 5 nitrogen and oxygen atoms in total. The number of hydrogen-bond donors (Lipinski definition) is 0. The summed E-state index contributed by atoms with van der Waals surface area (Å²) in [7, 11) is 0. The van der Waals surface area contributed by atoms with Gasteiger partial charge >= 0.3 is 0 Å². The van der Waals surface area contributed by atoms with Crippen LogP contribution in [0.4, 0.5) is 10.1 Å². The molecule has 0 spiro atoms. The number of amides is 2. The first-order valence-corrected chi connectivity index (χ1v) is 10.2. The van der Waals surface area contributed by atoms with E-state index in [9.17, 15) is 14.0 Å². The van der Waals surface area contributed by atoms with Crippen molar-refractivity contribution in [3.63, 3.8) is 0 Å². The Kier molecular flexibility index (Phi) is 5.79. The fourth-order valence-corrected chi connectivity index (χ4v) is 4.16. The Hall–Kier alpha value is -2.89. The minimum Gasteiger partial charge on any atom is -0.368 e. The maximum atomic E-state index is 13.1. The Morgan fingerprint density at radius 3 is 2.34 bits per heavy atom. The molecule has 2 aromatic rings. The molecular formula is C23H26FN3O2. The summed E-state index contributed by atoms with van der Waals surface area (Å²) < 4.78 is 13.1. The Balaban J connectivity index is 1.28. The van der Waals surface area contributed by atoms with E-state index < -0.39 is 0 Å². The van der Waals surface area contributed by atoms with E-state index >= 15 is 0 Å². The highest BCUT2D eigenvalue weighted by molar-refractivity contribution is 5.89. The molecule has 0 aliphatic carbocycles. The lowest BCUT2D eigenvalue weighted by atomic mass is 10.1. The number of hydrogen-bond acceptors (Lipinski definition) is 3. The topological polar surface area (TPSA) is 43.9 Å². The summed E-state index contributed by atoms with van der Waals surface area (Å²) in [6.07, 6.45) is 1.12. The number of anilines is 1. The van der Waals surface area contributed by atoms with Gasteiger partial charge in [0.2, 0.25) is 11.8 Å². The fourth-order valence-electron chi connectivity index (χ4n) is 4.16. The van der Waals surface area contributed by atoms with Crippen LogP contribution in [0.1, 0.15) is 12.0 Å². The predicted molar refractivity (Wildman–Crippen MR) is 110 cm³/mol. The second kappa shape index (κ2) is 8.64. The lowest BCUT2D eigenvalue weighted by Crippen LogP contribution is -2.50. The average Bonchev–Trinajstić information content (AvgIpc) is 3.14. The smallest absolute Gasteiger partial charge is 0.228 e. The highest BCUT2D eigenvalue weighted by Gasteiger charge is 2.37. The third-order valence-corrected chi connectivity index (χ3v) is 5.86. The molecule has 2 aliphatic heterocycles. The lowest BCUT2D eigenvalue weighted by Gasteiger charge is -2.37. The molecule has 0 saturated carbocycles. The van der Waals surface area contributed by atoms with Crippen molar-refractivity contribution >= 4 is 17.5 Å². The summed E-state index contributed by atoms with van der Waals surface area (Å²) in [5.74, 6) is -0.329. The van der Waals surface area contributed by atoms with Crippen molar-refractivity contribution < 1.29 is 14.0 Å². The molecule has 0 aromatic heterocycles. The largest absolute Gasteiger partial charge is 0.368 e. The van der Waals surface area contributed by atoms with E-state index in [0.717, 1.165) is 25.2 Å². The van der Waals surface area contributed by atoms with E-state index in [1.54, 1.807) is 12.1 Å². The van der Waals surface area contributed by atoms with Gasteiger partial charge in [-0.2, -0.15) is 0 Å². The number of rotatable bonds is 5. The zero-order valence-corrected chi connectivity index (χ0v) is 16.5. The molecule has 6 heteroatoms. The fraction of sp³-hybridized carbons (Fsp3) is 0.391. The molecule has 0 N–H and O–H groups in total. The number of carbonyl (C=O) groups excluding carboxylic acids is 2. The van der Waals surface area contributed by atoms with Gasteiger partial charge in [0.05, 0.1) is 5.92 Å². The van der Waals surface area contributed by atoms with Crippen LogP contribution in [0.3, 0.4) is 0 Å². The van der Waals surface area contributed by atoms with Gasteiger partial charge in [0.25, 0.3) is 0 Å². The molecule has 152 valence electrons. The van der Waals surface area contributed by atoms with Crippen LogP contribution >= 0.6 is 0 Å². The van der Waals surface area contributed by atoms with Crippen LogP contribution in [-0.4, -0.2) is 60.9 Å². The molecule has 0 radical (unpaired) electrons. The molecule has 2 amide bonds. The SMILES string of the molecule is O=C1CC(C(=O)N2CCN(c3ccc(F)cc3)CC2)CN1CCc1ccccc1. The van der Waals surface area contributed by atoms with Crippen molar-refractivity contribution in [2.24, 2.45) is 5.92 Å². The third kappa shape index (κ3) is 4.58. The quantitative estimate of drug-likeness (QED) is 0.782. The second-order valence-corrected chi connectivity index (χ2v) is 7.77. The highest BCUT2D eigenvalue weighted by atomic mass is 19.1. The van der Waals surface area contributed by atoms with E-state index in [1.807, 2.05) is 28.0 Å². The minimum atomic E-state index is -0.245. The van der Waals surface area contributed by atoms with Crippen molar-refractivity contribution in [1.82, 2.24) is 9.80 Å². The van der Waals surface area contributed by atoms with Crippen LogP contribution in [0, 0.1) is 11.7 Å². The van der Waals surface area contributed by atoms with Crippen LogP contribution in [0.2, 0.25) is 0 Å². The standard InChI is InChI=1S/C23H26FN3O2/c24-20-6-8-21(9-7-20)25-12-14-26(15-13-25)23(29)19-16-22(28)27(17-19)11-10-18-4-2-1-3-5-18/h1-9,19H,10-17H2. The van der Waals surface area contributed by atoms with Crippen LogP contribution in [-0.2, 0) is 16.0 Å². The number of likely N-dealkylation sites (tertiary alicyclic amines) is 1. The van der Waals surface area contributed by atoms with Crippen LogP contribution in [0.25, 0.3) is 0 Å². The Bertz CT molecular complexity index is 848. The zero-order chi connectivity index (χ0) is 20.2. The van der Waals surface area contributed by atoms with E-state index in [-0.39, 0.29) is 23.5 Å². The Labute approximate surface area is 170 Å². The molecule has 2 heterocycles. The molecular weight excluding hydrogens is 369 g/mol. The van der Waals surface area contributed by atoms with Crippen molar-refractivity contribution in [3.8, 4) is 0 Å². The van der Waals surface area contributed by atoms with Crippen LogP contribution < -0.4 is 4.90 Å².